The van der Waals surface area contributed by atoms with Crippen LogP contribution >= 0.6 is 23.2 Å². The van der Waals surface area contributed by atoms with Crippen LogP contribution < -0.4 is 5.32 Å². The Morgan fingerprint density at radius 2 is 1.41 bits per heavy atom. The van der Waals surface area contributed by atoms with Crippen molar-refractivity contribution in [3.05, 3.63) is 135 Å². The molecule has 4 aromatic carbocycles. The van der Waals surface area contributed by atoms with E-state index >= 15 is 0 Å². The fraction of sp³-hybridized carbons (Fsp3) is 0.278. The van der Waals surface area contributed by atoms with E-state index in [2.05, 4.69) is 5.32 Å². The van der Waals surface area contributed by atoms with Crippen molar-refractivity contribution in [1.29, 1.82) is 0 Å². The Balaban J connectivity index is 1.37. The van der Waals surface area contributed by atoms with E-state index in [9.17, 15) is 18.0 Å². The van der Waals surface area contributed by atoms with Crippen LogP contribution in [-0.2, 0) is 45.5 Å². The number of carbonyl (C=O) groups excluding carboxylic acids is 2. The summed E-state index contributed by atoms with van der Waals surface area (Å²) in [4.78, 5) is 29.8. The molecule has 1 heterocycles. The number of rotatable bonds is 13. The molecule has 0 radical (unpaired) electrons. The molecule has 1 fully saturated rings. The Labute approximate surface area is 281 Å². The molecular weight excluding hydrogens is 641 g/mol. The second kappa shape index (κ2) is 15.7. The van der Waals surface area contributed by atoms with E-state index in [1.165, 1.54) is 4.31 Å². The molecule has 1 aliphatic rings. The molecule has 0 aromatic heterocycles. The zero-order valence-corrected chi connectivity index (χ0v) is 27.8. The lowest BCUT2D eigenvalue weighted by Gasteiger charge is -2.32. The molecule has 0 spiro atoms. The van der Waals surface area contributed by atoms with Crippen LogP contribution in [-0.4, -0.2) is 48.6 Å². The van der Waals surface area contributed by atoms with Crippen molar-refractivity contribution >= 4 is 45.0 Å². The van der Waals surface area contributed by atoms with Gasteiger partial charge in [0, 0.05) is 49.1 Å². The van der Waals surface area contributed by atoms with Crippen molar-refractivity contribution in [2.45, 2.75) is 56.1 Å². The number of hydrogen-bond acceptors (Lipinski definition) is 4. The first-order valence-electron chi connectivity index (χ1n) is 15.4. The Hall–Kier alpha value is -3.69. The Morgan fingerprint density at radius 1 is 0.783 bits per heavy atom. The summed E-state index contributed by atoms with van der Waals surface area (Å²) in [6, 6.07) is 30.1. The zero-order chi connectivity index (χ0) is 32.5. The first kappa shape index (κ1) is 33.7. The highest BCUT2D eigenvalue weighted by Gasteiger charge is 2.31. The van der Waals surface area contributed by atoms with E-state index in [-0.39, 0.29) is 36.2 Å². The summed E-state index contributed by atoms with van der Waals surface area (Å²) < 4.78 is 27.4. The van der Waals surface area contributed by atoms with Gasteiger partial charge in [-0.1, -0.05) is 96.0 Å². The lowest BCUT2D eigenvalue weighted by molar-refractivity contribution is -0.141. The zero-order valence-electron chi connectivity index (χ0n) is 25.4. The molecule has 0 saturated carbocycles. The van der Waals surface area contributed by atoms with Gasteiger partial charge >= 0.3 is 0 Å². The normalized spacial score (nSPS) is 14.1. The van der Waals surface area contributed by atoms with E-state index in [0.717, 1.165) is 35.1 Å². The van der Waals surface area contributed by atoms with Gasteiger partial charge in [0.2, 0.25) is 21.8 Å². The molecule has 7 nitrogen and oxygen atoms in total. The van der Waals surface area contributed by atoms with Crippen LogP contribution in [0, 0.1) is 0 Å². The lowest BCUT2D eigenvalue weighted by Crippen LogP contribution is -2.50. The standard InChI is InChI=1S/C36H37Cl2N3O4S/c37-31-17-12-29(13-18-31)26-41(35(42)21-16-27-14-19-32(20-15-27)46(44,45)40-22-6-7-23-40)34(24-28-8-2-1-3-9-28)36(43)39-25-30-10-4-5-11-33(30)38/h1-5,8-15,17-20,34H,6-7,16,21-26H2,(H,39,43)/t34-/m1/s1. The monoisotopic (exact) mass is 677 g/mol. The minimum absolute atomic E-state index is 0.134. The molecule has 0 bridgehead atoms. The number of nitrogens with one attached hydrogen (secondary N) is 1. The Kier molecular flexibility index (Phi) is 11.5. The highest BCUT2D eigenvalue weighted by Crippen LogP contribution is 2.23. The number of aryl methyl sites for hydroxylation is 1. The Morgan fingerprint density at radius 3 is 2.09 bits per heavy atom. The maximum absolute atomic E-state index is 14.0. The van der Waals surface area contributed by atoms with Crippen molar-refractivity contribution in [2.75, 3.05) is 13.1 Å². The summed E-state index contributed by atoms with van der Waals surface area (Å²) in [7, 11) is -3.52. The van der Waals surface area contributed by atoms with Crippen LogP contribution in [0.1, 0.15) is 41.5 Å². The average molecular weight is 679 g/mol. The minimum atomic E-state index is -3.52. The van der Waals surface area contributed by atoms with Crippen molar-refractivity contribution in [3.63, 3.8) is 0 Å². The van der Waals surface area contributed by atoms with E-state index in [1.807, 2.05) is 60.7 Å². The average Bonchev–Trinajstić information content (AvgIpc) is 3.63. The number of benzene rings is 4. The van der Waals surface area contributed by atoms with Gasteiger partial charge in [-0.3, -0.25) is 9.59 Å². The number of amides is 2. The van der Waals surface area contributed by atoms with Gasteiger partial charge in [-0.05, 0) is 71.8 Å². The van der Waals surface area contributed by atoms with Crippen molar-refractivity contribution in [2.24, 2.45) is 0 Å². The number of hydrogen-bond donors (Lipinski definition) is 1. The molecule has 1 atom stereocenters. The van der Waals surface area contributed by atoms with Crippen molar-refractivity contribution in [1.82, 2.24) is 14.5 Å². The smallest absolute Gasteiger partial charge is 0.243 e. The maximum atomic E-state index is 14.0. The van der Waals surface area contributed by atoms with E-state index < -0.39 is 16.1 Å². The van der Waals surface area contributed by atoms with Crippen LogP contribution in [0.2, 0.25) is 10.0 Å². The van der Waals surface area contributed by atoms with Gasteiger partial charge in [-0.15, -0.1) is 0 Å². The summed E-state index contributed by atoms with van der Waals surface area (Å²) in [5.74, 6) is -0.486. The molecule has 240 valence electrons. The van der Waals surface area contributed by atoms with Gasteiger partial charge in [0.1, 0.15) is 6.04 Å². The summed E-state index contributed by atoms with van der Waals surface area (Å²) in [6.07, 6.45) is 2.58. The largest absolute Gasteiger partial charge is 0.350 e. The summed E-state index contributed by atoms with van der Waals surface area (Å²) >= 11 is 12.5. The minimum Gasteiger partial charge on any atom is -0.350 e. The number of carbonyl (C=O) groups is 2. The van der Waals surface area contributed by atoms with Crippen LogP contribution in [0.5, 0.6) is 0 Å². The van der Waals surface area contributed by atoms with E-state index in [0.29, 0.717) is 36.0 Å². The van der Waals surface area contributed by atoms with Gasteiger partial charge in [-0.2, -0.15) is 4.31 Å². The first-order chi connectivity index (χ1) is 22.2. The summed E-state index contributed by atoms with van der Waals surface area (Å²) in [6.45, 7) is 1.51. The summed E-state index contributed by atoms with van der Waals surface area (Å²) in [5.41, 5.74) is 3.37. The van der Waals surface area contributed by atoms with Gasteiger partial charge in [-0.25, -0.2) is 8.42 Å². The van der Waals surface area contributed by atoms with E-state index in [4.69, 9.17) is 23.2 Å². The van der Waals surface area contributed by atoms with Crippen LogP contribution in [0.4, 0.5) is 0 Å². The quantitative estimate of drug-likeness (QED) is 0.171. The molecule has 46 heavy (non-hydrogen) atoms. The predicted octanol–water partition coefficient (Wildman–Crippen LogP) is 6.67. The second-order valence-corrected chi connectivity index (χ2v) is 14.2. The molecule has 5 rings (SSSR count). The molecule has 0 aliphatic carbocycles. The molecule has 2 amide bonds. The predicted molar refractivity (Wildman–Crippen MR) is 182 cm³/mol. The summed E-state index contributed by atoms with van der Waals surface area (Å²) in [5, 5.41) is 4.14. The van der Waals surface area contributed by atoms with Gasteiger partial charge in [0.05, 0.1) is 4.90 Å². The van der Waals surface area contributed by atoms with Crippen molar-refractivity contribution < 1.29 is 18.0 Å². The fourth-order valence-electron chi connectivity index (χ4n) is 5.58. The van der Waals surface area contributed by atoms with E-state index in [1.54, 1.807) is 47.4 Å². The Bertz CT molecular complexity index is 1730. The molecule has 10 heteroatoms. The molecule has 1 aliphatic heterocycles. The number of nitrogens with zero attached hydrogens (tertiary/aromatic N) is 2. The molecule has 0 unspecified atom stereocenters. The highest BCUT2D eigenvalue weighted by molar-refractivity contribution is 7.89. The fourth-order valence-corrected chi connectivity index (χ4v) is 7.43. The van der Waals surface area contributed by atoms with Gasteiger partial charge < -0.3 is 10.2 Å². The molecule has 4 aromatic rings. The van der Waals surface area contributed by atoms with Crippen LogP contribution in [0.25, 0.3) is 0 Å². The second-order valence-electron chi connectivity index (χ2n) is 11.4. The maximum Gasteiger partial charge on any atom is 0.243 e. The third-order valence-corrected chi connectivity index (χ3v) is 10.7. The first-order valence-corrected chi connectivity index (χ1v) is 17.6. The van der Waals surface area contributed by atoms with Gasteiger partial charge in [0.25, 0.3) is 0 Å². The van der Waals surface area contributed by atoms with Gasteiger partial charge in [0.15, 0.2) is 0 Å². The van der Waals surface area contributed by atoms with Crippen molar-refractivity contribution in [3.8, 4) is 0 Å². The number of halogens is 2. The highest BCUT2D eigenvalue weighted by atomic mass is 35.5. The third kappa shape index (κ3) is 8.76. The topological polar surface area (TPSA) is 86.8 Å². The third-order valence-electron chi connectivity index (χ3n) is 8.20. The SMILES string of the molecule is O=C(NCc1ccccc1Cl)[C@@H](Cc1ccccc1)N(Cc1ccc(Cl)cc1)C(=O)CCc1ccc(S(=O)(=O)N2CCCC2)cc1. The molecule has 1 saturated heterocycles. The molecular formula is C36H37Cl2N3O4S. The van der Waals surface area contributed by atoms with Crippen LogP contribution in [0.3, 0.4) is 0 Å². The molecule has 1 N–H and O–H groups in total. The lowest BCUT2D eigenvalue weighted by atomic mass is 10.0. The van der Waals surface area contributed by atoms with Crippen LogP contribution in [0.15, 0.2) is 108 Å². The number of sulfonamides is 1.